The van der Waals surface area contributed by atoms with E-state index in [9.17, 15) is 0 Å². The number of aromatic nitrogens is 6. The van der Waals surface area contributed by atoms with E-state index in [0.29, 0.717) is 5.82 Å². The molecular formula is C50H32N6. The molecule has 0 bridgehead atoms. The van der Waals surface area contributed by atoms with E-state index < -0.39 is 0 Å². The molecule has 0 saturated heterocycles. The average Bonchev–Trinajstić information content (AvgIpc) is 3.80. The Hall–Kier alpha value is -7.70. The van der Waals surface area contributed by atoms with Crippen molar-refractivity contribution in [3.05, 3.63) is 194 Å². The Bertz CT molecular complexity index is 3130. The molecule has 0 fully saturated rings. The van der Waals surface area contributed by atoms with Gasteiger partial charge >= 0.3 is 0 Å². The molecule has 5 heterocycles. The highest BCUT2D eigenvalue weighted by Gasteiger charge is 2.17. The van der Waals surface area contributed by atoms with Gasteiger partial charge in [-0.25, -0.2) is 9.97 Å². The molecule has 0 amide bonds. The van der Waals surface area contributed by atoms with Gasteiger partial charge < -0.3 is 9.13 Å². The SMILES string of the molecule is c1ccc(-c2cc(-c3ccccn3)nc(-c3cccc(-c4ccc5c(c4)c4ccccc4n5-c4ccc(-n5c6ccccc6c6ccccc65)cc4)c3)n2)nc1. The van der Waals surface area contributed by atoms with Gasteiger partial charge in [0.15, 0.2) is 5.82 Å². The minimum atomic E-state index is 0.623. The quantitative estimate of drug-likeness (QED) is 0.172. The van der Waals surface area contributed by atoms with E-state index in [4.69, 9.17) is 9.97 Å². The lowest BCUT2D eigenvalue weighted by molar-refractivity contribution is 1.14. The first-order chi connectivity index (χ1) is 27.8. The van der Waals surface area contributed by atoms with E-state index in [-0.39, 0.29) is 0 Å². The maximum atomic E-state index is 5.01. The molecule has 0 unspecified atom stereocenters. The number of rotatable bonds is 6. The second-order valence-electron chi connectivity index (χ2n) is 13.9. The van der Waals surface area contributed by atoms with E-state index in [1.54, 1.807) is 12.4 Å². The number of hydrogen-bond acceptors (Lipinski definition) is 4. The summed E-state index contributed by atoms with van der Waals surface area (Å²) in [6.07, 6.45) is 3.57. The summed E-state index contributed by atoms with van der Waals surface area (Å²) >= 11 is 0. The summed E-state index contributed by atoms with van der Waals surface area (Å²) in [6.45, 7) is 0. The van der Waals surface area contributed by atoms with Crippen molar-refractivity contribution in [2.75, 3.05) is 0 Å². The molecule has 0 atom stereocenters. The number of fused-ring (bicyclic) bond motifs is 6. The van der Waals surface area contributed by atoms with Crippen LogP contribution in [0.5, 0.6) is 0 Å². The molecule has 6 aromatic carbocycles. The van der Waals surface area contributed by atoms with Crippen LogP contribution < -0.4 is 0 Å². The van der Waals surface area contributed by atoms with Crippen molar-refractivity contribution in [3.8, 4) is 56.7 Å². The van der Waals surface area contributed by atoms with Crippen molar-refractivity contribution in [2.45, 2.75) is 0 Å². The van der Waals surface area contributed by atoms with Crippen molar-refractivity contribution < 1.29 is 0 Å². The van der Waals surface area contributed by atoms with Crippen molar-refractivity contribution in [1.29, 1.82) is 0 Å². The Morgan fingerprint density at radius 2 is 0.768 bits per heavy atom. The monoisotopic (exact) mass is 716 g/mol. The van der Waals surface area contributed by atoms with Crippen LogP contribution >= 0.6 is 0 Å². The summed E-state index contributed by atoms with van der Waals surface area (Å²) in [6, 6.07) is 63.8. The van der Waals surface area contributed by atoms with Crippen LogP contribution in [-0.4, -0.2) is 29.1 Å². The smallest absolute Gasteiger partial charge is 0.160 e. The molecule has 0 saturated carbocycles. The third-order valence-corrected chi connectivity index (χ3v) is 10.7. The fourth-order valence-corrected chi connectivity index (χ4v) is 8.09. The summed E-state index contributed by atoms with van der Waals surface area (Å²) in [5.41, 5.74) is 13.2. The summed E-state index contributed by atoms with van der Waals surface area (Å²) in [5.74, 6) is 0.623. The zero-order chi connectivity index (χ0) is 37.0. The normalized spacial score (nSPS) is 11.6. The van der Waals surface area contributed by atoms with Crippen LogP contribution in [0.25, 0.3) is 100 Å². The van der Waals surface area contributed by atoms with E-state index in [2.05, 4.69) is 159 Å². The molecule has 0 N–H and O–H groups in total. The summed E-state index contributed by atoms with van der Waals surface area (Å²) in [4.78, 5) is 19.2. The van der Waals surface area contributed by atoms with Crippen molar-refractivity contribution in [1.82, 2.24) is 29.1 Å². The second kappa shape index (κ2) is 13.0. The molecule has 56 heavy (non-hydrogen) atoms. The molecule has 6 heteroatoms. The Balaban J connectivity index is 1.00. The topological polar surface area (TPSA) is 61.4 Å². The third-order valence-electron chi connectivity index (χ3n) is 10.7. The van der Waals surface area contributed by atoms with E-state index in [0.717, 1.165) is 56.4 Å². The molecule has 11 rings (SSSR count). The number of pyridine rings is 2. The average molecular weight is 717 g/mol. The van der Waals surface area contributed by atoms with Crippen LogP contribution in [0.2, 0.25) is 0 Å². The van der Waals surface area contributed by atoms with E-state index >= 15 is 0 Å². The first kappa shape index (κ1) is 31.8. The highest BCUT2D eigenvalue weighted by atomic mass is 15.0. The Labute approximate surface area is 322 Å². The third kappa shape index (κ3) is 5.27. The number of nitrogens with zero attached hydrogens (tertiary/aromatic N) is 6. The van der Waals surface area contributed by atoms with Crippen molar-refractivity contribution >= 4 is 43.6 Å². The van der Waals surface area contributed by atoms with Gasteiger partial charge in [0, 0.05) is 50.9 Å². The second-order valence-corrected chi connectivity index (χ2v) is 13.9. The minimum Gasteiger partial charge on any atom is -0.309 e. The minimum absolute atomic E-state index is 0.623. The molecule has 5 aromatic heterocycles. The first-order valence-electron chi connectivity index (χ1n) is 18.7. The molecule has 0 spiro atoms. The zero-order valence-electron chi connectivity index (χ0n) is 30.2. The van der Waals surface area contributed by atoms with Gasteiger partial charge in [-0.15, -0.1) is 0 Å². The van der Waals surface area contributed by atoms with Crippen LogP contribution in [0.1, 0.15) is 0 Å². The van der Waals surface area contributed by atoms with Crippen LogP contribution in [0.4, 0.5) is 0 Å². The Morgan fingerprint density at radius 1 is 0.304 bits per heavy atom. The van der Waals surface area contributed by atoms with Gasteiger partial charge in [-0.05, 0) is 102 Å². The van der Waals surface area contributed by atoms with Crippen molar-refractivity contribution in [3.63, 3.8) is 0 Å². The number of hydrogen-bond donors (Lipinski definition) is 0. The van der Waals surface area contributed by atoms with Gasteiger partial charge in [0.05, 0.1) is 44.8 Å². The zero-order valence-corrected chi connectivity index (χ0v) is 30.2. The van der Waals surface area contributed by atoms with Crippen molar-refractivity contribution in [2.24, 2.45) is 0 Å². The molecule has 11 aromatic rings. The fourth-order valence-electron chi connectivity index (χ4n) is 8.09. The maximum absolute atomic E-state index is 5.01. The van der Waals surface area contributed by atoms with Gasteiger partial charge in [-0.1, -0.05) is 91.0 Å². The molecule has 0 aliphatic rings. The standard InChI is InChI=1S/C50H32N6/c1-4-19-46-38(14-1)39-15-2-5-20-47(39)55(46)36-23-25-37(26-24-36)56-48-21-6-3-16-40(48)41-31-34(22-27-49(41)56)33-12-11-13-35(30-33)50-53-44(42-17-7-9-28-51-42)32-45(54-50)43-18-8-10-29-52-43/h1-32H. The predicted molar refractivity (Wildman–Crippen MR) is 228 cm³/mol. The lowest BCUT2D eigenvalue weighted by Gasteiger charge is -2.12. The summed E-state index contributed by atoms with van der Waals surface area (Å²) < 4.78 is 4.73. The van der Waals surface area contributed by atoms with Crippen LogP contribution in [0.3, 0.4) is 0 Å². The maximum Gasteiger partial charge on any atom is 0.160 e. The van der Waals surface area contributed by atoms with Gasteiger partial charge in [0.2, 0.25) is 0 Å². The largest absolute Gasteiger partial charge is 0.309 e. The Morgan fingerprint density at radius 3 is 1.30 bits per heavy atom. The van der Waals surface area contributed by atoms with E-state index in [1.807, 2.05) is 42.5 Å². The highest BCUT2D eigenvalue weighted by Crippen LogP contribution is 2.37. The molecular weight excluding hydrogens is 685 g/mol. The Kier molecular flexibility index (Phi) is 7.38. The summed E-state index contributed by atoms with van der Waals surface area (Å²) in [7, 11) is 0. The number of para-hydroxylation sites is 3. The molecule has 6 nitrogen and oxygen atoms in total. The number of benzene rings is 6. The van der Waals surface area contributed by atoms with Crippen LogP contribution in [-0.2, 0) is 0 Å². The van der Waals surface area contributed by atoms with Crippen LogP contribution in [0, 0.1) is 0 Å². The fraction of sp³-hybridized carbons (Fsp3) is 0. The molecule has 0 aliphatic carbocycles. The molecule has 0 radical (unpaired) electrons. The van der Waals surface area contributed by atoms with Gasteiger partial charge in [-0.3, -0.25) is 9.97 Å². The van der Waals surface area contributed by atoms with Gasteiger partial charge in [-0.2, -0.15) is 0 Å². The van der Waals surface area contributed by atoms with Gasteiger partial charge in [0.25, 0.3) is 0 Å². The predicted octanol–water partition coefficient (Wildman–Crippen LogP) is 12.1. The lowest BCUT2D eigenvalue weighted by atomic mass is 10.0. The van der Waals surface area contributed by atoms with Crippen LogP contribution in [0.15, 0.2) is 194 Å². The first-order valence-corrected chi connectivity index (χ1v) is 18.7. The van der Waals surface area contributed by atoms with E-state index in [1.165, 1.54) is 38.1 Å². The summed E-state index contributed by atoms with van der Waals surface area (Å²) in [5, 5.41) is 4.92. The highest BCUT2D eigenvalue weighted by molar-refractivity contribution is 6.11. The molecule has 262 valence electrons. The molecule has 0 aliphatic heterocycles. The lowest BCUT2D eigenvalue weighted by Crippen LogP contribution is -1.98. The van der Waals surface area contributed by atoms with Gasteiger partial charge in [0.1, 0.15) is 0 Å².